The van der Waals surface area contributed by atoms with E-state index in [0.29, 0.717) is 34.7 Å². The number of fused-ring (bicyclic) bond motifs is 1. The molecule has 0 spiro atoms. The standard InChI is InChI=1S/C33H39ClFN3O5/c1-20(2)37-18-27(26-6-4-5-7-30(26)37)32(40)36-29-13-8-21(14-28(29)34)15-31(39)38-17-23(35)16-24(38)19-43-25-11-9-22(10-12-25)33(41)42-3/h4-8,13-14,18,20,22-25H,9-12,15-17,19H2,1-3H3,(H,36,40)/t22-,23-,24-,25-/m0/s1. The van der Waals surface area contributed by atoms with Crippen molar-refractivity contribution in [3.8, 4) is 0 Å². The molecular weight excluding hydrogens is 573 g/mol. The maximum Gasteiger partial charge on any atom is 0.308 e. The molecule has 5 rings (SSSR count). The molecule has 1 aliphatic heterocycles. The quantitative estimate of drug-likeness (QED) is 0.285. The number of esters is 1. The van der Waals surface area contributed by atoms with Crippen LogP contribution in [0.15, 0.2) is 48.7 Å². The molecule has 2 aromatic carbocycles. The summed E-state index contributed by atoms with van der Waals surface area (Å²) in [6.45, 7) is 4.43. The molecule has 2 fully saturated rings. The number of amides is 2. The number of nitrogens with one attached hydrogen (secondary N) is 1. The van der Waals surface area contributed by atoms with Crippen molar-refractivity contribution in [1.29, 1.82) is 0 Å². The van der Waals surface area contributed by atoms with Crippen molar-refractivity contribution < 1.29 is 28.2 Å². The Balaban J connectivity index is 1.18. The molecule has 1 saturated heterocycles. The van der Waals surface area contributed by atoms with Gasteiger partial charge in [-0.3, -0.25) is 14.4 Å². The smallest absolute Gasteiger partial charge is 0.308 e. The minimum absolute atomic E-state index is 0.0139. The van der Waals surface area contributed by atoms with Crippen LogP contribution in [0.25, 0.3) is 10.9 Å². The second-order valence-electron chi connectivity index (χ2n) is 11.9. The van der Waals surface area contributed by atoms with Gasteiger partial charge in [0.25, 0.3) is 5.91 Å². The van der Waals surface area contributed by atoms with E-state index in [0.717, 1.165) is 23.7 Å². The minimum atomic E-state index is -1.10. The van der Waals surface area contributed by atoms with E-state index in [1.165, 1.54) is 7.11 Å². The first-order chi connectivity index (χ1) is 20.6. The zero-order valence-electron chi connectivity index (χ0n) is 24.9. The van der Waals surface area contributed by atoms with E-state index in [9.17, 15) is 18.8 Å². The maximum atomic E-state index is 14.4. The summed E-state index contributed by atoms with van der Waals surface area (Å²) in [5, 5.41) is 4.08. The fraction of sp³-hybridized carbons (Fsp3) is 0.485. The highest BCUT2D eigenvalue weighted by Crippen LogP contribution is 2.31. The van der Waals surface area contributed by atoms with Gasteiger partial charge < -0.3 is 24.3 Å². The first kappa shape index (κ1) is 31.0. The number of anilines is 1. The number of carbonyl (C=O) groups excluding carboxylic acids is 3. The predicted molar refractivity (Wildman–Crippen MR) is 164 cm³/mol. The van der Waals surface area contributed by atoms with Gasteiger partial charge in [-0.15, -0.1) is 0 Å². The monoisotopic (exact) mass is 611 g/mol. The zero-order chi connectivity index (χ0) is 30.7. The number of halogens is 2. The third-order valence-corrected chi connectivity index (χ3v) is 8.91. The molecule has 2 atom stereocenters. The van der Waals surface area contributed by atoms with E-state index >= 15 is 0 Å². The zero-order valence-corrected chi connectivity index (χ0v) is 25.6. The lowest BCUT2D eigenvalue weighted by atomic mass is 9.87. The van der Waals surface area contributed by atoms with Crippen molar-refractivity contribution in [1.82, 2.24) is 9.47 Å². The molecule has 1 aliphatic carbocycles. The molecule has 2 amide bonds. The Bertz CT molecular complexity index is 1480. The number of alkyl halides is 1. The van der Waals surface area contributed by atoms with Gasteiger partial charge in [0.2, 0.25) is 5.91 Å². The molecule has 1 N–H and O–H groups in total. The molecule has 1 aromatic heterocycles. The van der Waals surface area contributed by atoms with Crippen molar-refractivity contribution in [3.05, 3.63) is 64.8 Å². The van der Waals surface area contributed by atoms with Crippen LogP contribution in [0.3, 0.4) is 0 Å². The molecule has 43 heavy (non-hydrogen) atoms. The Labute approximate surface area is 256 Å². The summed E-state index contributed by atoms with van der Waals surface area (Å²) < 4.78 is 27.4. The summed E-state index contributed by atoms with van der Waals surface area (Å²) in [6.07, 6.45) is 3.92. The van der Waals surface area contributed by atoms with Gasteiger partial charge in [0.05, 0.1) is 61.0 Å². The Morgan fingerprint density at radius 1 is 1.09 bits per heavy atom. The van der Waals surface area contributed by atoms with Gasteiger partial charge in [-0.25, -0.2) is 4.39 Å². The van der Waals surface area contributed by atoms with Crippen LogP contribution in [-0.2, 0) is 25.5 Å². The topological polar surface area (TPSA) is 89.9 Å². The molecule has 2 aliphatic rings. The van der Waals surface area contributed by atoms with E-state index in [2.05, 4.69) is 23.7 Å². The average molecular weight is 612 g/mol. The van der Waals surface area contributed by atoms with Crippen LogP contribution in [-0.4, -0.2) is 65.8 Å². The molecule has 10 heteroatoms. The SMILES string of the molecule is COC(=O)[C@H]1CC[C@H](OC[C@@H]2C[C@H](F)CN2C(=O)Cc2ccc(NC(=O)c3cn(C(C)C)c4ccccc34)c(Cl)c2)CC1. The summed E-state index contributed by atoms with van der Waals surface area (Å²) in [5.41, 5.74) is 2.66. The first-order valence-corrected chi connectivity index (χ1v) is 15.3. The van der Waals surface area contributed by atoms with E-state index in [4.69, 9.17) is 21.1 Å². The van der Waals surface area contributed by atoms with Crippen molar-refractivity contribution in [2.75, 3.05) is 25.6 Å². The molecule has 230 valence electrons. The fourth-order valence-corrected chi connectivity index (χ4v) is 6.50. The molecule has 8 nitrogen and oxygen atoms in total. The van der Waals surface area contributed by atoms with E-state index < -0.39 is 6.17 Å². The van der Waals surface area contributed by atoms with Crippen molar-refractivity contribution in [2.45, 2.75) is 76.7 Å². The van der Waals surface area contributed by atoms with Crippen LogP contribution in [0.5, 0.6) is 0 Å². The van der Waals surface area contributed by atoms with Crippen LogP contribution in [0, 0.1) is 5.92 Å². The number of para-hydroxylation sites is 1. The van der Waals surface area contributed by atoms with Gasteiger partial charge in [0.15, 0.2) is 0 Å². The normalized spacial score (nSPS) is 22.2. The summed E-state index contributed by atoms with van der Waals surface area (Å²) in [6, 6.07) is 12.7. The maximum absolute atomic E-state index is 14.4. The fourth-order valence-electron chi connectivity index (χ4n) is 6.25. The van der Waals surface area contributed by atoms with Crippen molar-refractivity contribution in [3.63, 3.8) is 0 Å². The average Bonchev–Trinajstić information content (AvgIpc) is 3.58. The number of benzene rings is 2. The van der Waals surface area contributed by atoms with E-state index in [1.54, 1.807) is 23.1 Å². The molecular formula is C33H39ClFN3O5. The number of ether oxygens (including phenoxy) is 2. The second-order valence-corrected chi connectivity index (χ2v) is 12.3. The number of likely N-dealkylation sites (tertiary alicyclic amines) is 1. The number of methoxy groups -OCH3 is 1. The third-order valence-electron chi connectivity index (χ3n) is 8.60. The molecule has 3 aromatic rings. The highest BCUT2D eigenvalue weighted by Gasteiger charge is 2.36. The lowest BCUT2D eigenvalue weighted by Crippen LogP contribution is -2.40. The highest BCUT2D eigenvalue weighted by molar-refractivity contribution is 6.34. The Morgan fingerprint density at radius 2 is 1.84 bits per heavy atom. The molecule has 0 bridgehead atoms. The predicted octanol–water partition coefficient (Wildman–Crippen LogP) is 6.36. The van der Waals surface area contributed by atoms with Crippen molar-refractivity contribution in [2.24, 2.45) is 5.92 Å². The lowest BCUT2D eigenvalue weighted by molar-refractivity contribution is -0.148. The van der Waals surface area contributed by atoms with Crippen molar-refractivity contribution >= 4 is 46.0 Å². The van der Waals surface area contributed by atoms with Crippen LogP contribution in [0.2, 0.25) is 5.02 Å². The van der Waals surface area contributed by atoms with Gasteiger partial charge in [0.1, 0.15) is 6.17 Å². The Hall–Kier alpha value is -3.43. The number of aromatic nitrogens is 1. The highest BCUT2D eigenvalue weighted by atomic mass is 35.5. The molecule has 1 saturated carbocycles. The van der Waals surface area contributed by atoms with E-state index in [1.807, 2.05) is 30.5 Å². The number of carbonyl (C=O) groups is 3. The second kappa shape index (κ2) is 13.5. The number of nitrogens with zero attached hydrogens (tertiary/aromatic N) is 2. The van der Waals surface area contributed by atoms with Gasteiger partial charge in [-0.1, -0.05) is 35.9 Å². The third kappa shape index (κ3) is 7.04. The number of hydrogen-bond donors (Lipinski definition) is 1. The van der Waals surface area contributed by atoms with Gasteiger partial charge in [-0.05, 0) is 63.3 Å². The van der Waals surface area contributed by atoms with Crippen LogP contribution < -0.4 is 5.32 Å². The molecule has 0 unspecified atom stereocenters. The largest absolute Gasteiger partial charge is 0.469 e. The Morgan fingerprint density at radius 3 is 2.53 bits per heavy atom. The minimum Gasteiger partial charge on any atom is -0.469 e. The van der Waals surface area contributed by atoms with Crippen LogP contribution in [0.4, 0.5) is 10.1 Å². The number of rotatable bonds is 9. The summed E-state index contributed by atoms with van der Waals surface area (Å²) in [5.74, 6) is -0.744. The summed E-state index contributed by atoms with van der Waals surface area (Å²) in [4.78, 5) is 39.8. The van der Waals surface area contributed by atoms with Crippen LogP contribution in [0.1, 0.15) is 67.9 Å². The summed E-state index contributed by atoms with van der Waals surface area (Å²) >= 11 is 6.55. The summed E-state index contributed by atoms with van der Waals surface area (Å²) in [7, 11) is 1.40. The van der Waals surface area contributed by atoms with Gasteiger partial charge in [0, 0.05) is 29.6 Å². The lowest BCUT2D eigenvalue weighted by Gasteiger charge is -2.30. The van der Waals surface area contributed by atoms with Gasteiger partial charge >= 0.3 is 5.97 Å². The molecule has 2 heterocycles. The van der Waals surface area contributed by atoms with E-state index in [-0.39, 0.29) is 67.9 Å². The first-order valence-electron chi connectivity index (χ1n) is 15.0. The van der Waals surface area contributed by atoms with Gasteiger partial charge in [-0.2, -0.15) is 0 Å². The Kier molecular flexibility index (Phi) is 9.72. The molecule has 0 radical (unpaired) electrons. The number of hydrogen-bond acceptors (Lipinski definition) is 5. The van der Waals surface area contributed by atoms with Crippen LogP contribution >= 0.6 is 11.6 Å².